The molecule has 0 spiro atoms. The Morgan fingerprint density at radius 3 is 2.55 bits per heavy atom. The first-order valence-corrected chi connectivity index (χ1v) is 15.8. The molecule has 7 rings (SSSR count). The lowest BCUT2D eigenvalue weighted by Crippen LogP contribution is -2.42. The number of amidine groups is 1. The number of rotatable bonds is 9. The molecule has 2 atom stereocenters. The first-order chi connectivity index (χ1) is 24.5. The summed E-state index contributed by atoms with van der Waals surface area (Å²) in [5.74, 6) is -5.48. The average molecular weight is 712 g/mol. The number of esters is 1. The highest BCUT2D eigenvalue weighted by Crippen LogP contribution is 2.52. The summed E-state index contributed by atoms with van der Waals surface area (Å²) in [7, 11) is 3.07. The number of fused-ring (bicyclic) bond motifs is 3. The van der Waals surface area contributed by atoms with Gasteiger partial charge < -0.3 is 29.8 Å². The number of aliphatic imine (C=N–C) groups is 1. The molecule has 0 fully saturated rings. The Bertz CT molecular complexity index is 2270. The molecule has 0 saturated carbocycles. The molecular weight excluding hydrogens is 684 g/mol. The van der Waals surface area contributed by atoms with Crippen LogP contribution in [0.1, 0.15) is 28.4 Å². The van der Waals surface area contributed by atoms with E-state index in [1.807, 2.05) is 23.1 Å². The number of hydrogen-bond donors (Lipinski definition) is 3. The summed E-state index contributed by atoms with van der Waals surface area (Å²) in [4.78, 5) is 23.9. The Labute approximate surface area is 295 Å². The van der Waals surface area contributed by atoms with Crippen LogP contribution in [0.4, 0.5) is 8.78 Å². The van der Waals surface area contributed by atoms with Gasteiger partial charge in [0.05, 0.1) is 13.3 Å². The molecule has 4 N–H and O–H groups in total. The van der Waals surface area contributed by atoms with Crippen LogP contribution in [0, 0.1) is 17.0 Å². The van der Waals surface area contributed by atoms with E-state index < -0.39 is 46.7 Å². The standard InChI is InChI=1S/C37H28ClF2N5O6/c1-45-14-13-43-34(45)24-17-21(51-37(36(47)48-2)25-6-4-3-5-22(25)23-10-8-20(38)16-26(23)37)9-12-29(24)49-32-27(39)18-44-35(31(32)40)50-30-15-19(33(41)42)7-11-28(30)46/h3-13,15-18,34,46H,14H2,1-2H3,(H3,41,42). The second-order valence-electron chi connectivity index (χ2n) is 11.7. The smallest absolute Gasteiger partial charge is 0.359 e. The molecule has 14 heteroatoms. The maximum atomic E-state index is 15.9. The molecular formula is C37H28ClF2N5O6. The third kappa shape index (κ3) is 5.75. The largest absolute Gasteiger partial charge is 0.504 e. The van der Waals surface area contributed by atoms with Crippen LogP contribution in [0.3, 0.4) is 0 Å². The van der Waals surface area contributed by atoms with Crippen LogP contribution in [0.15, 0.2) is 90.1 Å². The summed E-state index contributed by atoms with van der Waals surface area (Å²) < 4.78 is 54.5. The molecule has 0 saturated heterocycles. The summed E-state index contributed by atoms with van der Waals surface area (Å²) >= 11 is 6.43. The summed E-state index contributed by atoms with van der Waals surface area (Å²) in [6.07, 6.45) is 1.73. The highest BCUT2D eigenvalue weighted by Gasteiger charge is 2.53. The van der Waals surface area contributed by atoms with E-state index in [1.54, 1.807) is 43.6 Å². The number of halogens is 3. The molecule has 0 bridgehead atoms. The number of aromatic hydroxyl groups is 1. The number of nitrogens with two attached hydrogens (primary N) is 1. The SMILES string of the molecule is COC(=O)C1(Oc2ccc(Oc3c(F)cnc(Oc4cc(C(=N)N)ccc4O)c3F)c(C3N=CCN3C)c2)c2ccccc2-c2ccc(Cl)cc21. The van der Waals surface area contributed by atoms with Gasteiger partial charge in [-0.05, 0) is 66.7 Å². The Morgan fingerprint density at radius 1 is 1.02 bits per heavy atom. The summed E-state index contributed by atoms with van der Waals surface area (Å²) in [5, 5.41) is 18.3. The van der Waals surface area contributed by atoms with Crippen molar-refractivity contribution in [3.8, 4) is 45.8 Å². The van der Waals surface area contributed by atoms with Gasteiger partial charge in [-0.1, -0.05) is 41.9 Å². The number of carbonyl (C=O) groups excluding carboxylic acids is 1. The Balaban J connectivity index is 1.30. The monoisotopic (exact) mass is 711 g/mol. The van der Waals surface area contributed by atoms with E-state index >= 15 is 8.78 Å². The van der Waals surface area contributed by atoms with Crippen LogP contribution in [0.2, 0.25) is 5.02 Å². The van der Waals surface area contributed by atoms with Gasteiger partial charge in [-0.3, -0.25) is 15.3 Å². The minimum atomic E-state index is -1.75. The van der Waals surface area contributed by atoms with Crippen LogP contribution in [0.5, 0.6) is 34.6 Å². The number of methoxy groups -OCH3 is 1. The number of phenols is 1. The topological polar surface area (TPSA) is 153 Å². The van der Waals surface area contributed by atoms with Crippen LogP contribution in [-0.2, 0) is 15.1 Å². The molecule has 5 aromatic rings. The Kier molecular flexibility index (Phi) is 8.53. The zero-order valence-electron chi connectivity index (χ0n) is 27.0. The number of pyridine rings is 1. The van der Waals surface area contributed by atoms with Crippen molar-refractivity contribution in [2.45, 2.75) is 11.8 Å². The minimum Gasteiger partial charge on any atom is -0.504 e. The number of carbonyl (C=O) groups is 1. The van der Waals surface area contributed by atoms with Crippen molar-refractivity contribution in [3.63, 3.8) is 0 Å². The van der Waals surface area contributed by atoms with Crippen molar-refractivity contribution in [3.05, 3.63) is 124 Å². The second kappa shape index (κ2) is 13.0. The van der Waals surface area contributed by atoms with Gasteiger partial charge in [-0.15, -0.1) is 0 Å². The fourth-order valence-electron chi connectivity index (χ4n) is 6.17. The number of benzene rings is 4. The molecule has 258 valence electrons. The highest BCUT2D eigenvalue weighted by molar-refractivity contribution is 6.30. The molecule has 2 aliphatic rings. The highest BCUT2D eigenvalue weighted by atomic mass is 35.5. The summed E-state index contributed by atoms with van der Waals surface area (Å²) in [6.45, 7) is 0.472. The fraction of sp³-hybridized carbons (Fsp3) is 0.135. The number of phenolic OH excluding ortho intramolecular Hbond substituents is 1. The molecule has 4 aromatic carbocycles. The van der Waals surface area contributed by atoms with Crippen LogP contribution in [-0.4, -0.2) is 53.7 Å². The summed E-state index contributed by atoms with van der Waals surface area (Å²) in [6, 6.07) is 20.8. The van der Waals surface area contributed by atoms with Crippen molar-refractivity contribution in [1.82, 2.24) is 9.88 Å². The molecule has 2 unspecified atom stereocenters. The van der Waals surface area contributed by atoms with E-state index in [0.717, 1.165) is 11.1 Å². The average Bonchev–Trinajstić information content (AvgIpc) is 3.67. The first kappa shape index (κ1) is 33.4. The Morgan fingerprint density at radius 2 is 1.80 bits per heavy atom. The molecule has 1 aliphatic carbocycles. The number of hydrogen-bond acceptors (Lipinski definition) is 10. The molecule has 2 heterocycles. The van der Waals surface area contributed by atoms with E-state index in [2.05, 4.69) is 9.98 Å². The predicted octanol–water partition coefficient (Wildman–Crippen LogP) is 7.08. The lowest BCUT2D eigenvalue weighted by atomic mass is 9.91. The maximum absolute atomic E-state index is 15.9. The van der Waals surface area contributed by atoms with Gasteiger partial charge in [0.25, 0.3) is 11.5 Å². The fourth-order valence-corrected chi connectivity index (χ4v) is 6.34. The van der Waals surface area contributed by atoms with Crippen LogP contribution < -0.4 is 19.9 Å². The molecule has 1 aliphatic heterocycles. The number of nitrogens with one attached hydrogen (secondary N) is 1. The molecule has 51 heavy (non-hydrogen) atoms. The molecule has 11 nitrogen and oxygen atoms in total. The third-order valence-electron chi connectivity index (χ3n) is 8.58. The number of aromatic nitrogens is 1. The number of nitrogens with zero attached hydrogens (tertiary/aromatic N) is 3. The number of ether oxygens (including phenoxy) is 4. The van der Waals surface area contributed by atoms with Crippen molar-refractivity contribution in [1.29, 1.82) is 5.41 Å². The lowest BCUT2D eigenvalue weighted by molar-refractivity contribution is -0.156. The van der Waals surface area contributed by atoms with Gasteiger partial charge in [0.2, 0.25) is 11.6 Å². The maximum Gasteiger partial charge on any atom is 0.359 e. The van der Waals surface area contributed by atoms with Crippen molar-refractivity contribution in [2.75, 3.05) is 20.7 Å². The third-order valence-corrected chi connectivity index (χ3v) is 8.82. The van der Waals surface area contributed by atoms with Gasteiger partial charge in [0.1, 0.15) is 23.5 Å². The van der Waals surface area contributed by atoms with Crippen LogP contribution in [0.25, 0.3) is 11.1 Å². The zero-order valence-corrected chi connectivity index (χ0v) is 27.7. The van der Waals surface area contributed by atoms with Gasteiger partial charge in [0.15, 0.2) is 17.3 Å². The normalized spacial score (nSPS) is 17.5. The van der Waals surface area contributed by atoms with Gasteiger partial charge >= 0.3 is 5.97 Å². The first-order valence-electron chi connectivity index (χ1n) is 15.4. The van der Waals surface area contributed by atoms with Crippen molar-refractivity contribution >= 4 is 29.6 Å². The number of nitrogen functional groups attached to an aromatic ring is 1. The van der Waals surface area contributed by atoms with Crippen molar-refractivity contribution in [2.24, 2.45) is 10.7 Å². The second-order valence-corrected chi connectivity index (χ2v) is 12.1. The van der Waals surface area contributed by atoms with Gasteiger partial charge in [0, 0.05) is 40.0 Å². The van der Waals surface area contributed by atoms with E-state index in [4.69, 9.17) is 41.7 Å². The lowest BCUT2D eigenvalue weighted by Gasteiger charge is -2.31. The Hall–Kier alpha value is -6.05. The van der Waals surface area contributed by atoms with E-state index in [1.165, 1.54) is 37.4 Å². The van der Waals surface area contributed by atoms with E-state index in [9.17, 15) is 9.90 Å². The molecule has 0 amide bonds. The van der Waals surface area contributed by atoms with Crippen molar-refractivity contribution < 1.29 is 37.6 Å². The van der Waals surface area contributed by atoms with Crippen LogP contribution >= 0.6 is 11.6 Å². The van der Waals surface area contributed by atoms with E-state index in [0.29, 0.717) is 34.5 Å². The zero-order chi connectivity index (χ0) is 36.0. The molecule has 0 radical (unpaired) electrons. The minimum absolute atomic E-state index is 0.0111. The quantitative estimate of drug-likeness (QED) is 0.0827. The molecule has 1 aromatic heterocycles. The van der Waals surface area contributed by atoms with E-state index in [-0.39, 0.29) is 28.6 Å². The predicted molar refractivity (Wildman–Crippen MR) is 184 cm³/mol. The van der Waals surface area contributed by atoms with Gasteiger partial charge in [-0.25, -0.2) is 14.2 Å². The van der Waals surface area contributed by atoms with Gasteiger partial charge in [-0.2, -0.15) is 4.39 Å². The summed E-state index contributed by atoms with van der Waals surface area (Å²) in [5.41, 5.74) is 6.85.